The zero-order chi connectivity index (χ0) is 17.8. The van der Waals surface area contributed by atoms with Crippen LogP contribution in [0.2, 0.25) is 0 Å². The summed E-state index contributed by atoms with van der Waals surface area (Å²) >= 11 is 0. The summed E-state index contributed by atoms with van der Waals surface area (Å²) in [5.74, 6) is 0.906. The van der Waals surface area contributed by atoms with Gasteiger partial charge < -0.3 is 14.6 Å². The van der Waals surface area contributed by atoms with Gasteiger partial charge in [0.15, 0.2) is 11.5 Å². The van der Waals surface area contributed by atoms with E-state index >= 15 is 0 Å². The van der Waals surface area contributed by atoms with Crippen molar-refractivity contribution in [2.75, 3.05) is 19.6 Å². The van der Waals surface area contributed by atoms with E-state index in [2.05, 4.69) is 22.4 Å². The van der Waals surface area contributed by atoms with E-state index in [9.17, 15) is 4.79 Å². The Labute approximate surface area is 153 Å². The van der Waals surface area contributed by atoms with E-state index in [4.69, 9.17) is 4.42 Å². The molecule has 1 aliphatic heterocycles. The Balaban J connectivity index is 1.34. The second kappa shape index (κ2) is 7.60. The number of urea groups is 1. The van der Waals surface area contributed by atoms with Crippen LogP contribution in [0.15, 0.2) is 59.0 Å². The van der Waals surface area contributed by atoms with Gasteiger partial charge in [0.05, 0.1) is 5.92 Å². The van der Waals surface area contributed by atoms with Gasteiger partial charge in [-0.1, -0.05) is 42.5 Å². The Morgan fingerprint density at radius 1 is 1.15 bits per heavy atom. The maximum Gasteiger partial charge on any atom is 0.317 e. The van der Waals surface area contributed by atoms with E-state index in [1.807, 2.05) is 47.4 Å². The molecule has 2 heterocycles. The van der Waals surface area contributed by atoms with Gasteiger partial charge in [0.25, 0.3) is 0 Å². The molecule has 2 amide bonds. The molecule has 0 radical (unpaired) electrons. The monoisotopic (exact) mass is 349 g/mol. The highest BCUT2D eigenvalue weighted by atomic mass is 16.3. The number of carbonyl (C=O) groups is 1. The quantitative estimate of drug-likeness (QED) is 0.776. The van der Waals surface area contributed by atoms with Crippen molar-refractivity contribution in [3.8, 4) is 0 Å². The topological polar surface area (TPSA) is 58.4 Å². The third kappa shape index (κ3) is 3.72. The largest absolute Gasteiger partial charge is 0.440 e. The Morgan fingerprint density at radius 2 is 1.96 bits per heavy atom. The third-order valence-electron chi connectivity index (χ3n) is 4.90. The fourth-order valence-electron chi connectivity index (χ4n) is 3.50. The number of piperidine rings is 1. The average Bonchev–Trinajstić information content (AvgIpc) is 3.13. The van der Waals surface area contributed by atoms with Crippen LogP contribution in [0.1, 0.15) is 30.2 Å². The van der Waals surface area contributed by atoms with Crippen molar-refractivity contribution in [1.29, 1.82) is 0 Å². The fraction of sp³-hybridized carbons (Fsp3) is 0.333. The molecule has 134 valence electrons. The molecular formula is C21H23N3O2. The van der Waals surface area contributed by atoms with Crippen molar-refractivity contribution in [1.82, 2.24) is 15.2 Å². The second-order valence-electron chi connectivity index (χ2n) is 6.77. The molecule has 5 heteroatoms. The van der Waals surface area contributed by atoms with Crippen LogP contribution in [-0.2, 0) is 6.42 Å². The Bertz CT molecular complexity index is 842. The summed E-state index contributed by atoms with van der Waals surface area (Å²) in [6, 6.07) is 18.0. The van der Waals surface area contributed by atoms with Crippen LogP contribution in [0.5, 0.6) is 0 Å². The van der Waals surface area contributed by atoms with Crippen LogP contribution < -0.4 is 5.32 Å². The highest BCUT2D eigenvalue weighted by Gasteiger charge is 2.27. The zero-order valence-electron chi connectivity index (χ0n) is 14.7. The molecule has 4 rings (SSSR count). The number of likely N-dealkylation sites (tertiary alicyclic amines) is 1. The van der Waals surface area contributed by atoms with Crippen LogP contribution in [0.25, 0.3) is 11.1 Å². The minimum absolute atomic E-state index is 0.00161. The van der Waals surface area contributed by atoms with Crippen molar-refractivity contribution in [2.24, 2.45) is 0 Å². The number of hydrogen-bond acceptors (Lipinski definition) is 3. The lowest BCUT2D eigenvalue weighted by molar-refractivity contribution is 0.175. The summed E-state index contributed by atoms with van der Waals surface area (Å²) in [5, 5.41) is 3.04. The molecule has 0 bridgehead atoms. The molecule has 1 N–H and O–H groups in total. The number of hydrogen-bond donors (Lipinski definition) is 1. The van der Waals surface area contributed by atoms with Gasteiger partial charge in [0, 0.05) is 19.6 Å². The Morgan fingerprint density at radius 3 is 2.81 bits per heavy atom. The molecule has 0 spiro atoms. The van der Waals surface area contributed by atoms with Gasteiger partial charge in [-0.25, -0.2) is 9.78 Å². The first-order valence-electron chi connectivity index (χ1n) is 9.22. The normalized spacial score (nSPS) is 17.4. The first-order chi connectivity index (χ1) is 12.8. The molecule has 1 unspecified atom stereocenters. The van der Waals surface area contributed by atoms with Crippen molar-refractivity contribution < 1.29 is 9.21 Å². The average molecular weight is 349 g/mol. The Hall–Kier alpha value is -2.82. The molecule has 1 atom stereocenters. The molecule has 26 heavy (non-hydrogen) atoms. The lowest BCUT2D eigenvalue weighted by Crippen LogP contribution is -2.45. The summed E-state index contributed by atoms with van der Waals surface area (Å²) in [6.45, 7) is 2.09. The minimum atomic E-state index is 0.00161. The van der Waals surface area contributed by atoms with Crippen LogP contribution in [0.3, 0.4) is 0 Å². The van der Waals surface area contributed by atoms with Crippen LogP contribution >= 0.6 is 0 Å². The van der Waals surface area contributed by atoms with Crippen LogP contribution in [0.4, 0.5) is 4.79 Å². The molecule has 3 aromatic rings. The van der Waals surface area contributed by atoms with Gasteiger partial charge in [-0.3, -0.25) is 0 Å². The molecule has 1 aliphatic rings. The van der Waals surface area contributed by atoms with Gasteiger partial charge in [-0.05, 0) is 37.0 Å². The number of fused-ring (bicyclic) bond motifs is 1. The van der Waals surface area contributed by atoms with Gasteiger partial charge in [-0.15, -0.1) is 0 Å². The number of nitrogens with zero attached hydrogens (tertiary/aromatic N) is 2. The van der Waals surface area contributed by atoms with Gasteiger partial charge in [-0.2, -0.15) is 0 Å². The van der Waals surface area contributed by atoms with Gasteiger partial charge in [0.1, 0.15) is 5.52 Å². The Kier molecular flexibility index (Phi) is 4.86. The second-order valence-corrected chi connectivity index (χ2v) is 6.77. The number of benzene rings is 2. The number of nitrogens with one attached hydrogen (secondary N) is 1. The molecule has 5 nitrogen and oxygen atoms in total. The summed E-state index contributed by atoms with van der Waals surface area (Å²) in [5.41, 5.74) is 2.93. The van der Waals surface area contributed by atoms with Crippen molar-refractivity contribution >= 4 is 17.1 Å². The van der Waals surface area contributed by atoms with E-state index in [1.54, 1.807) is 0 Å². The molecule has 0 aliphatic carbocycles. The van der Waals surface area contributed by atoms with Crippen molar-refractivity contribution in [3.05, 3.63) is 66.1 Å². The van der Waals surface area contributed by atoms with Crippen molar-refractivity contribution in [3.63, 3.8) is 0 Å². The molecule has 1 fully saturated rings. The fourth-order valence-corrected chi connectivity index (χ4v) is 3.50. The van der Waals surface area contributed by atoms with E-state index < -0.39 is 0 Å². The standard InChI is InChI=1S/C21H23N3O2/c25-21(22-13-12-16-7-2-1-3-8-16)24-14-6-9-17(15-24)20-23-18-10-4-5-11-19(18)26-20/h1-5,7-8,10-11,17H,6,9,12-15H2,(H,22,25). The van der Waals surface area contributed by atoms with Gasteiger partial charge >= 0.3 is 6.03 Å². The summed E-state index contributed by atoms with van der Waals surface area (Å²) in [6.07, 6.45) is 2.81. The lowest BCUT2D eigenvalue weighted by Gasteiger charge is -2.31. The molecule has 1 saturated heterocycles. The summed E-state index contributed by atoms with van der Waals surface area (Å²) in [4.78, 5) is 19.0. The molecule has 2 aromatic carbocycles. The number of oxazole rings is 1. The number of amides is 2. The van der Waals surface area contributed by atoms with E-state index in [0.717, 1.165) is 42.8 Å². The highest BCUT2D eigenvalue weighted by molar-refractivity contribution is 5.74. The smallest absolute Gasteiger partial charge is 0.317 e. The number of carbonyl (C=O) groups excluding carboxylic acids is 1. The summed E-state index contributed by atoms with van der Waals surface area (Å²) in [7, 11) is 0. The van der Waals surface area contributed by atoms with E-state index in [1.165, 1.54) is 5.56 Å². The predicted molar refractivity (Wildman–Crippen MR) is 101 cm³/mol. The molecular weight excluding hydrogens is 326 g/mol. The lowest BCUT2D eigenvalue weighted by atomic mass is 9.98. The van der Waals surface area contributed by atoms with E-state index in [-0.39, 0.29) is 11.9 Å². The van der Waals surface area contributed by atoms with Crippen LogP contribution in [-0.4, -0.2) is 35.5 Å². The number of rotatable bonds is 4. The maximum atomic E-state index is 12.5. The third-order valence-corrected chi connectivity index (χ3v) is 4.90. The predicted octanol–water partition coefficient (Wildman–Crippen LogP) is 3.96. The SMILES string of the molecule is O=C(NCCc1ccccc1)N1CCCC(c2nc3ccccc3o2)C1. The molecule has 1 aromatic heterocycles. The van der Waals surface area contributed by atoms with Crippen LogP contribution in [0, 0.1) is 0 Å². The molecule has 0 saturated carbocycles. The first kappa shape index (κ1) is 16.6. The zero-order valence-corrected chi connectivity index (χ0v) is 14.7. The van der Waals surface area contributed by atoms with Crippen molar-refractivity contribution in [2.45, 2.75) is 25.2 Å². The van der Waals surface area contributed by atoms with E-state index in [0.29, 0.717) is 13.1 Å². The summed E-state index contributed by atoms with van der Waals surface area (Å²) < 4.78 is 5.91. The van der Waals surface area contributed by atoms with Gasteiger partial charge in [0.2, 0.25) is 0 Å². The first-order valence-corrected chi connectivity index (χ1v) is 9.22. The number of aromatic nitrogens is 1. The minimum Gasteiger partial charge on any atom is -0.440 e. The maximum absolute atomic E-state index is 12.5. The number of para-hydroxylation sites is 2. The highest BCUT2D eigenvalue weighted by Crippen LogP contribution is 2.28.